The van der Waals surface area contributed by atoms with Crippen LogP contribution in [-0.4, -0.2) is 20.8 Å². The van der Waals surface area contributed by atoms with Gasteiger partial charge in [-0.3, -0.25) is 0 Å². The Morgan fingerprint density at radius 3 is 2.21 bits per heavy atom. The van der Waals surface area contributed by atoms with E-state index in [1.54, 1.807) is 14.2 Å². The third-order valence-corrected chi connectivity index (χ3v) is 7.27. The summed E-state index contributed by atoms with van der Waals surface area (Å²) in [6.45, 7) is 8.29. The second kappa shape index (κ2) is 8.73. The Labute approximate surface area is 196 Å². The quantitative estimate of drug-likeness (QED) is 0.571. The highest BCUT2D eigenvalue weighted by Gasteiger charge is 2.43. The monoisotopic (exact) mass is 443 g/mol. The maximum atomic E-state index is 5.67. The molecule has 5 nitrogen and oxygen atoms in total. The molecule has 0 bridgehead atoms. The lowest BCUT2D eigenvalue weighted by Gasteiger charge is -2.39. The molecular weight excluding hydrogens is 410 g/mol. The molecule has 0 aromatic heterocycles. The molecule has 1 saturated heterocycles. The fourth-order valence-corrected chi connectivity index (χ4v) is 5.22. The van der Waals surface area contributed by atoms with Gasteiger partial charge in [0.1, 0.15) is 0 Å². The number of benzene rings is 3. The van der Waals surface area contributed by atoms with Gasteiger partial charge in [-0.15, -0.1) is 0 Å². The Hall–Kier alpha value is -3.02. The highest BCUT2D eigenvalue weighted by atomic mass is 16.5. The number of anilines is 1. The van der Waals surface area contributed by atoms with Crippen molar-refractivity contribution in [3.8, 4) is 11.5 Å². The summed E-state index contributed by atoms with van der Waals surface area (Å²) in [4.78, 5) is 2.49. The lowest BCUT2D eigenvalue weighted by molar-refractivity contribution is 0.350. The van der Waals surface area contributed by atoms with Crippen molar-refractivity contribution in [1.29, 1.82) is 0 Å². The minimum atomic E-state index is 0.195. The Morgan fingerprint density at radius 1 is 0.818 bits per heavy atom. The molecule has 5 heteroatoms. The zero-order chi connectivity index (χ0) is 23.1. The van der Waals surface area contributed by atoms with E-state index in [0.29, 0.717) is 5.92 Å². The van der Waals surface area contributed by atoms with Gasteiger partial charge < -0.3 is 14.4 Å². The molecule has 3 aromatic rings. The second-order valence-corrected chi connectivity index (χ2v) is 9.38. The van der Waals surface area contributed by atoms with Crippen LogP contribution in [0.4, 0.5) is 5.69 Å². The van der Waals surface area contributed by atoms with Gasteiger partial charge in [-0.2, -0.15) is 0 Å². The third kappa shape index (κ3) is 3.96. The van der Waals surface area contributed by atoms with E-state index in [0.717, 1.165) is 24.6 Å². The van der Waals surface area contributed by atoms with Crippen LogP contribution in [0.15, 0.2) is 54.6 Å². The summed E-state index contributed by atoms with van der Waals surface area (Å²) in [5.74, 6) is 1.91. The molecule has 33 heavy (non-hydrogen) atoms. The molecule has 2 aliphatic rings. The van der Waals surface area contributed by atoms with E-state index in [-0.39, 0.29) is 12.1 Å². The van der Waals surface area contributed by atoms with Crippen molar-refractivity contribution in [1.82, 2.24) is 10.9 Å². The van der Waals surface area contributed by atoms with Gasteiger partial charge in [0.15, 0.2) is 11.5 Å². The fraction of sp³-hybridized carbons (Fsp3) is 0.357. The maximum Gasteiger partial charge on any atom is 0.162 e. The topological polar surface area (TPSA) is 45.8 Å². The Morgan fingerprint density at radius 2 is 1.52 bits per heavy atom. The SMILES string of the molecule is COc1cc2c(cc1OC)N(Cc1ccc(C)cc1)CC1C(c3ccc(C)c(C)c3)NNC21. The number of rotatable bonds is 5. The molecule has 0 radical (unpaired) electrons. The minimum absolute atomic E-state index is 0.195. The smallest absolute Gasteiger partial charge is 0.162 e. The van der Waals surface area contributed by atoms with Crippen LogP contribution in [0.25, 0.3) is 0 Å². The van der Waals surface area contributed by atoms with Gasteiger partial charge >= 0.3 is 0 Å². The average Bonchev–Trinajstić information content (AvgIpc) is 3.25. The van der Waals surface area contributed by atoms with Crippen molar-refractivity contribution in [2.45, 2.75) is 39.4 Å². The van der Waals surface area contributed by atoms with Gasteiger partial charge in [-0.25, -0.2) is 10.9 Å². The summed E-state index contributed by atoms with van der Waals surface area (Å²) in [7, 11) is 3.40. The minimum Gasteiger partial charge on any atom is -0.493 e. The second-order valence-electron chi connectivity index (χ2n) is 9.38. The lowest BCUT2D eigenvalue weighted by atomic mass is 9.81. The largest absolute Gasteiger partial charge is 0.493 e. The number of aryl methyl sites for hydroxylation is 3. The zero-order valence-electron chi connectivity index (χ0n) is 20.1. The summed E-state index contributed by atoms with van der Waals surface area (Å²) in [5.41, 5.74) is 16.2. The first-order valence-electron chi connectivity index (χ1n) is 11.6. The summed E-state index contributed by atoms with van der Waals surface area (Å²) in [5, 5.41) is 0. The summed E-state index contributed by atoms with van der Waals surface area (Å²) >= 11 is 0. The van der Waals surface area contributed by atoms with Crippen molar-refractivity contribution in [2.75, 3.05) is 25.7 Å². The molecule has 5 rings (SSSR count). The average molecular weight is 444 g/mol. The van der Waals surface area contributed by atoms with Crippen LogP contribution in [0.2, 0.25) is 0 Å². The molecule has 3 unspecified atom stereocenters. The third-order valence-electron chi connectivity index (χ3n) is 7.27. The van der Waals surface area contributed by atoms with Crippen molar-refractivity contribution in [3.05, 3.63) is 88.0 Å². The summed E-state index contributed by atoms with van der Waals surface area (Å²) in [6, 6.07) is 20.4. The molecule has 0 amide bonds. The molecule has 2 N–H and O–H groups in total. The van der Waals surface area contributed by atoms with Gasteiger partial charge in [-0.1, -0.05) is 48.0 Å². The van der Waals surface area contributed by atoms with Crippen molar-refractivity contribution in [3.63, 3.8) is 0 Å². The Kier molecular flexibility index (Phi) is 5.77. The predicted molar refractivity (Wildman–Crippen MR) is 133 cm³/mol. The molecule has 3 atom stereocenters. The van der Waals surface area contributed by atoms with E-state index < -0.39 is 0 Å². The van der Waals surface area contributed by atoms with Crippen LogP contribution in [-0.2, 0) is 6.54 Å². The van der Waals surface area contributed by atoms with Gasteiger partial charge in [0.2, 0.25) is 0 Å². The standard InChI is InChI=1S/C28H33N3O2/c1-17-6-9-20(10-7-17)15-31-16-23-27(21-11-8-18(2)19(3)12-21)29-30-28(23)22-13-25(32-4)26(33-5)14-24(22)31/h6-14,23,27-30H,15-16H2,1-5H3. The number of hydrazine groups is 1. The number of ether oxygens (including phenoxy) is 2. The van der Waals surface area contributed by atoms with Gasteiger partial charge in [0.05, 0.1) is 26.3 Å². The molecule has 2 heterocycles. The first kappa shape index (κ1) is 21.8. The van der Waals surface area contributed by atoms with Crippen LogP contribution < -0.4 is 25.2 Å². The summed E-state index contributed by atoms with van der Waals surface area (Å²) < 4.78 is 11.3. The highest BCUT2D eigenvalue weighted by molar-refractivity contribution is 5.65. The first-order valence-corrected chi connectivity index (χ1v) is 11.6. The van der Waals surface area contributed by atoms with E-state index in [1.807, 2.05) is 0 Å². The lowest BCUT2D eigenvalue weighted by Crippen LogP contribution is -2.39. The predicted octanol–water partition coefficient (Wildman–Crippen LogP) is 5.16. The van der Waals surface area contributed by atoms with Gasteiger partial charge in [-0.05, 0) is 54.7 Å². The Bertz CT molecular complexity index is 1160. The van der Waals surface area contributed by atoms with Crippen LogP contribution in [0.3, 0.4) is 0 Å². The molecule has 1 fully saturated rings. The summed E-state index contributed by atoms with van der Waals surface area (Å²) in [6.07, 6.45) is 0. The number of hydrogen-bond acceptors (Lipinski definition) is 5. The van der Waals surface area contributed by atoms with Crippen LogP contribution in [0.5, 0.6) is 11.5 Å². The van der Waals surface area contributed by atoms with E-state index in [9.17, 15) is 0 Å². The van der Waals surface area contributed by atoms with Crippen molar-refractivity contribution < 1.29 is 9.47 Å². The highest BCUT2D eigenvalue weighted by Crippen LogP contribution is 2.49. The van der Waals surface area contributed by atoms with Crippen molar-refractivity contribution in [2.24, 2.45) is 5.92 Å². The Balaban J connectivity index is 1.56. The van der Waals surface area contributed by atoms with Crippen LogP contribution >= 0.6 is 0 Å². The molecule has 172 valence electrons. The van der Waals surface area contributed by atoms with E-state index in [1.165, 1.54) is 39.1 Å². The molecule has 0 spiro atoms. The number of hydrogen-bond donors (Lipinski definition) is 2. The van der Waals surface area contributed by atoms with Crippen LogP contribution in [0.1, 0.15) is 45.5 Å². The van der Waals surface area contributed by atoms with E-state index >= 15 is 0 Å². The molecule has 2 aliphatic heterocycles. The molecule has 0 saturated carbocycles. The number of fused-ring (bicyclic) bond motifs is 3. The normalized spacial score (nSPS) is 21.5. The molecular formula is C28H33N3O2. The van der Waals surface area contributed by atoms with E-state index in [2.05, 4.69) is 91.1 Å². The van der Waals surface area contributed by atoms with Gasteiger partial charge in [0.25, 0.3) is 0 Å². The first-order chi connectivity index (χ1) is 16.0. The molecule has 0 aliphatic carbocycles. The molecule has 3 aromatic carbocycles. The maximum absolute atomic E-state index is 5.67. The van der Waals surface area contributed by atoms with Crippen LogP contribution in [0, 0.1) is 26.7 Å². The van der Waals surface area contributed by atoms with Gasteiger partial charge in [0, 0.05) is 30.8 Å². The number of nitrogens with one attached hydrogen (secondary N) is 2. The number of methoxy groups -OCH3 is 2. The van der Waals surface area contributed by atoms with Crippen molar-refractivity contribution >= 4 is 5.69 Å². The van der Waals surface area contributed by atoms with E-state index in [4.69, 9.17) is 9.47 Å². The fourth-order valence-electron chi connectivity index (χ4n) is 5.22. The zero-order valence-corrected chi connectivity index (χ0v) is 20.1. The number of nitrogens with zero attached hydrogens (tertiary/aromatic N) is 1.